The van der Waals surface area contributed by atoms with Gasteiger partial charge in [-0.15, -0.1) is 0 Å². The Kier molecular flexibility index (Phi) is 4.65. The van der Waals surface area contributed by atoms with E-state index in [-0.39, 0.29) is 18.3 Å². The first kappa shape index (κ1) is 13.2. The van der Waals surface area contributed by atoms with Gasteiger partial charge >= 0.3 is 11.9 Å². The number of carbonyl (C=O) groups excluding carboxylic acids is 1. The van der Waals surface area contributed by atoms with E-state index in [0.29, 0.717) is 18.8 Å². The number of esters is 1. The van der Waals surface area contributed by atoms with Crippen molar-refractivity contribution in [2.24, 2.45) is 0 Å². The Bertz CT molecular complexity index is 401. The molecule has 0 saturated carbocycles. The number of furan rings is 1. The van der Waals surface area contributed by atoms with Crippen molar-refractivity contribution in [3.05, 3.63) is 28.0 Å². The molecule has 1 aromatic heterocycles. The Morgan fingerprint density at radius 3 is 2.82 bits per heavy atom. The number of hydrogen-bond acceptors (Lipinski definition) is 6. The van der Waals surface area contributed by atoms with Crippen LogP contribution in [0.1, 0.15) is 12.2 Å². The van der Waals surface area contributed by atoms with Gasteiger partial charge in [-0.3, -0.25) is 19.8 Å². The molecule has 0 aliphatic heterocycles. The molecule has 0 unspecified atom stereocenters. The molecule has 0 saturated heterocycles. The van der Waals surface area contributed by atoms with Gasteiger partial charge in [-0.1, -0.05) is 0 Å². The molecule has 0 amide bonds. The van der Waals surface area contributed by atoms with Crippen molar-refractivity contribution in [2.75, 3.05) is 20.7 Å². The first-order valence-electron chi connectivity index (χ1n) is 5.01. The number of rotatable bonds is 6. The van der Waals surface area contributed by atoms with Crippen LogP contribution >= 0.6 is 0 Å². The monoisotopic (exact) mass is 242 g/mol. The molecule has 1 rings (SSSR count). The van der Waals surface area contributed by atoms with E-state index in [2.05, 4.69) is 4.74 Å². The van der Waals surface area contributed by atoms with Crippen LogP contribution in [0.4, 0.5) is 5.88 Å². The molecule has 0 spiro atoms. The quantitative estimate of drug-likeness (QED) is 0.423. The van der Waals surface area contributed by atoms with Crippen molar-refractivity contribution >= 4 is 11.9 Å². The first-order chi connectivity index (χ1) is 8.02. The predicted molar refractivity (Wildman–Crippen MR) is 58.3 cm³/mol. The van der Waals surface area contributed by atoms with Crippen molar-refractivity contribution in [1.29, 1.82) is 0 Å². The van der Waals surface area contributed by atoms with E-state index in [4.69, 9.17) is 4.42 Å². The lowest BCUT2D eigenvalue weighted by Gasteiger charge is -2.13. The van der Waals surface area contributed by atoms with E-state index in [0.717, 1.165) is 0 Å². The second-order valence-electron chi connectivity index (χ2n) is 3.56. The number of ether oxygens (including phenoxy) is 1. The number of nitrogens with zero attached hydrogens (tertiary/aromatic N) is 2. The average molecular weight is 242 g/mol. The predicted octanol–water partition coefficient (Wildman–Crippen LogP) is 1.18. The Balaban J connectivity index is 2.42. The highest BCUT2D eigenvalue weighted by Gasteiger charge is 2.13. The lowest BCUT2D eigenvalue weighted by molar-refractivity contribution is -0.402. The van der Waals surface area contributed by atoms with Crippen molar-refractivity contribution < 1.29 is 18.9 Å². The molecule has 0 aromatic carbocycles. The molecule has 17 heavy (non-hydrogen) atoms. The molecule has 0 N–H and O–H groups in total. The van der Waals surface area contributed by atoms with Crippen LogP contribution in [0.25, 0.3) is 0 Å². The van der Waals surface area contributed by atoms with E-state index < -0.39 is 4.92 Å². The lowest BCUT2D eigenvalue weighted by atomic mass is 10.3. The van der Waals surface area contributed by atoms with Crippen molar-refractivity contribution in [1.82, 2.24) is 4.90 Å². The van der Waals surface area contributed by atoms with Crippen LogP contribution in [0.5, 0.6) is 0 Å². The summed E-state index contributed by atoms with van der Waals surface area (Å²) in [7, 11) is 3.12. The van der Waals surface area contributed by atoms with Crippen molar-refractivity contribution in [3.8, 4) is 0 Å². The number of nitro groups is 1. The van der Waals surface area contributed by atoms with Gasteiger partial charge in [0, 0.05) is 6.54 Å². The minimum absolute atomic E-state index is 0.274. The highest BCUT2D eigenvalue weighted by Crippen LogP contribution is 2.16. The summed E-state index contributed by atoms with van der Waals surface area (Å²) in [6, 6.07) is 2.86. The van der Waals surface area contributed by atoms with Gasteiger partial charge in [0.2, 0.25) is 0 Å². The summed E-state index contributed by atoms with van der Waals surface area (Å²) < 4.78 is 9.50. The van der Waals surface area contributed by atoms with E-state index >= 15 is 0 Å². The van der Waals surface area contributed by atoms with Crippen molar-refractivity contribution in [2.45, 2.75) is 13.0 Å². The van der Waals surface area contributed by atoms with Crippen LogP contribution in [0.15, 0.2) is 16.5 Å². The summed E-state index contributed by atoms with van der Waals surface area (Å²) in [6.45, 7) is 0.909. The normalized spacial score (nSPS) is 10.5. The van der Waals surface area contributed by atoms with Gasteiger partial charge in [-0.2, -0.15) is 0 Å². The maximum atomic E-state index is 10.9. The second kappa shape index (κ2) is 6.00. The Morgan fingerprint density at radius 2 is 2.29 bits per heavy atom. The Morgan fingerprint density at radius 1 is 1.59 bits per heavy atom. The molecule has 0 bridgehead atoms. The van der Waals surface area contributed by atoms with Gasteiger partial charge in [-0.25, -0.2) is 0 Å². The summed E-state index contributed by atoms with van der Waals surface area (Å²) >= 11 is 0. The molecule has 0 atom stereocenters. The standard InChI is InChI=1S/C10H14N2O5/c1-11(6-5-10(13)16-2)7-8-3-4-9(17-8)12(14)15/h3-4H,5-7H2,1-2H3. The summed E-state index contributed by atoms with van der Waals surface area (Å²) in [4.78, 5) is 22.5. The molecule has 0 fully saturated rings. The maximum absolute atomic E-state index is 10.9. The molecule has 7 heteroatoms. The van der Waals surface area contributed by atoms with Crippen LogP contribution < -0.4 is 0 Å². The average Bonchev–Trinajstić information content (AvgIpc) is 2.74. The highest BCUT2D eigenvalue weighted by molar-refractivity contribution is 5.69. The highest BCUT2D eigenvalue weighted by atomic mass is 16.6. The van der Waals surface area contributed by atoms with Gasteiger partial charge in [0.25, 0.3) is 0 Å². The fraction of sp³-hybridized carbons (Fsp3) is 0.500. The van der Waals surface area contributed by atoms with Gasteiger partial charge in [0.15, 0.2) is 0 Å². The zero-order valence-corrected chi connectivity index (χ0v) is 9.71. The fourth-order valence-electron chi connectivity index (χ4n) is 1.28. The molecule has 7 nitrogen and oxygen atoms in total. The summed E-state index contributed by atoms with van der Waals surface area (Å²) in [5, 5.41) is 10.4. The van der Waals surface area contributed by atoms with Crippen LogP contribution in [0.2, 0.25) is 0 Å². The topological polar surface area (TPSA) is 85.8 Å². The lowest BCUT2D eigenvalue weighted by Crippen LogP contribution is -2.21. The maximum Gasteiger partial charge on any atom is 0.433 e. The minimum atomic E-state index is -0.585. The summed E-state index contributed by atoms with van der Waals surface area (Å²) in [5.41, 5.74) is 0. The zero-order valence-electron chi connectivity index (χ0n) is 9.71. The summed E-state index contributed by atoms with van der Waals surface area (Å²) in [6.07, 6.45) is 0.274. The van der Waals surface area contributed by atoms with Gasteiger partial charge in [-0.05, 0) is 13.1 Å². The van der Waals surface area contributed by atoms with Crippen LogP contribution in [0, 0.1) is 10.1 Å². The van der Waals surface area contributed by atoms with Crippen LogP contribution in [-0.2, 0) is 16.1 Å². The smallest absolute Gasteiger partial charge is 0.433 e. The third kappa shape index (κ3) is 4.23. The van der Waals surface area contributed by atoms with E-state index in [1.807, 2.05) is 4.90 Å². The van der Waals surface area contributed by atoms with Crippen LogP contribution in [-0.4, -0.2) is 36.5 Å². The van der Waals surface area contributed by atoms with E-state index in [9.17, 15) is 14.9 Å². The molecule has 0 radical (unpaired) electrons. The van der Waals surface area contributed by atoms with Crippen molar-refractivity contribution in [3.63, 3.8) is 0 Å². The largest absolute Gasteiger partial charge is 0.469 e. The molecular formula is C10H14N2O5. The molecule has 0 aliphatic rings. The molecular weight excluding hydrogens is 228 g/mol. The molecule has 1 aromatic rings. The summed E-state index contributed by atoms with van der Waals surface area (Å²) in [5.74, 6) is -0.0762. The zero-order chi connectivity index (χ0) is 12.8. The Hall–Kier alpha value is -1.89. The van der Waals surface area contributed by atoms with E-state index in [1.54, 1.807) is 13.1 Å². The number of hydrogen-bond donors (Lipinski definition) is 0. The molecule has 0 aliphatic carbocycles. The minimum Gasteiger partial charge on any atom is -0.469 e. The Labute approximate surface area is 98.1 Å². The number of methoxy groups -OCH3 is 1. The second-order valence-corrected chi connectivity index (χ2v) is 3.56. The fourth-order valence-corrected chi connectivity index (χ4v) is 1.28. The van der Waals surface area contributed by atoms with E-state index in [1.165, 1.54) is 13.2 Å². The molecule has 94 valence electrons. The van der Waals surface area contributed by atoms with Gasteiger partial charge in [0.05, 0.1) is 26.1 Å². The van der Waals surface area contributed by atoms with Crippen LogP contribution in [0.3, 0.4) is 0 Å². The third-order valence-corrected chi connectivity index (χ3v) is 2.18. The number of carbonyl (C=O) groups is 1. The molecule has 1 heterocycles. The van der Waals surface area contributed by atoms with Gasteiger partial charge in [0.1, 0.15) is 10.7 Å². The van der Waals surface area contributed by atoms with Gasteiger partial charge < -0.3 is 9.15 Å². The third-order valence-electron chi connectivity index (χ3n) is 2.18. The first-order valence-corrected chi connectivity index (χ1v) is 5.01. The SMILES string of the molecule is COC(=O)CCN(C)Cc1ccc([N+](=O)[O-])o1.